The van der Waals surface area contributed by atoms with Crippen molar-refractivity contribution in [2.45, 2.75) is 0 Å². The second-order valence-corrected chi connectivity index (χ2v) is 4.81. The fraction of sp³-hybridized carbons (Fsp3) is 0. The summed E-state index contributed by atoms with van der Waals surface area (Å²) < 4.78 is 0. The normalized spacial score (nSPS) is 9.85. The van der Waals surface area contributed by atoms with E-state index in [1.165, 1.54) is 12.1 Å². The molecule has 0 saturated heterocycles. The molecule has 1 amide bonds. The van der Waals surface area contributed by atoms with Crippen molar-refractivity contribution < 1.29 is 4.79 Å². The number of rotatable bonds is 2. The zero-order valence-corrected chi connectivity index (χ0v) is 11.7. The van der Waals surface area contributed by atoms with E-state index in [2.05, 4.69) is 5.32 Å². The zero-order chi connectivity index (χ0) is 14.7. The van der Waals surface area contributed by atoms with Crippen molar-refractivity contribution in [1.82, 2.24) is 0 Å². The Morgan fingerprint density at radius 2 is 1.90 bits per heavy atom. The van der Waals surface area contributed by atoms with E-state index in [4.69, 9.17) is 34.2 Å². The van der Waals surface area contributed by atoms with Gasteiger partial charge in [0.05, 0.1) is 33.1 Å². The molecule has 0 spiro atoms. The summed E-state index contributed by atoms with van der Waals surface area (Å²) in [7, 11) is 0. The number of nitrogen functional groups attached to an aromatic ring is 1. The van der Waals surface area contributed by atoms with Crippen LogP contribution >= 0.6 is 23.2 Å². The van der Waals surface area contributed by atoms with Gasteiger partial charge in [-0.2, -0.15) is 5.26 Å². The summed E-state index contributed by atoms with van der Waals surface area (Å²) in [6.45, 7) is 0. The highest BCUT2D eigenvalue weighted by Gasteiger charge is 2.10. The molecule has 0 aliphatic rings. The largest absolute Gasteiger partial charge is 0.397 e. The zero-order valence-electron chi connectivity index (χ0n) is 10.2. The second-order valence-electron chi connectivity index (χ2n) is 4.00. The van der Waals surface area contributed by atoms with Crippen molar-refractivity contribution in [3.8, 4) is 6.07 Å². The third kappa shape index (κ3) is 3.02. The van der Waals surface area contributed by atoms with Crippen LogP contribution in [0.4, 0.5) is 11.4 Å². The van der Waals surface area contributed by atoms with Gasteiger partial charge < -0.3 is 11.1 Å². The van der Waals surface area contributed by atoms with E-state index in [9.17, 15) is 4.79 Å². The predicted octanol–water partition coefficient (Wildman–Crippen LogP) is 3.70. The Bertz CT molecular complexity index is 723. The van der Waals surface area contributed by atoms with Gasteiger partial charge >= 0.3 is 0 Å². The molecule has 0 atom stereocenters. The molecule has 6 heteroatoms. The number of hydrogen-bond donors (Lipinski definition) is 2. The number of benzene rings is 2. The molecular formula is C14H9Cl2N3O. The maximum absolute atomic E-state index is 12.1. The average molecular weight is 306 g/mol. The van der Waals surface area contributed by atoms with Crippen molar-refractivity contribution in [1.29, 1.82) is 5.26 Å². The average Bonchev–Trinajstić information content (AvgIpc) is 2.43. The van der Waals surface area contributed by atoms with Gasteiger partial charge in [-0.05, 0) is 36.4 Å². The third-order valence-corrected chi connectivity index (χ3v) is 3.35. The number of carbonyl (C=O) groups excluding carboxylic acids is 1. The number of nitrogens with two attached hydrogens (primary N) is 1. The van der Waals surface area contributed by atoms with Crippen LogP contribution in [0.25, 0.3) is 0 Å². The molecule has 3 N–H and O–H groups in total. The highest BCUT2D eigenvalue weighted by Crippen LogP contribution is 2.24. The van der Waals surface area contributed by atoms with Crippen LogP contribution in [-0.2, 0) is 0 Å². The molecule has 0 aliphatic carbocycles. The lowest BCUT2D eigenvalue weighted by Crippen LogP contribution is -2.13. The summed E-state index contributed by atoms with van der Waals surface area (Å²) in [5.74, 6) is -0.361. The molecule has 0 fully saturated rings. The van der Waals surface area contributed by atoms with Gasteiger partial charge in [-0.1, -0.05) is 23.2 Å². The number of nitrogens with zero attached hydrogens (tertiary/aromatic N) is 1. The van der Waals surface area contributed by atoms with E-state index >= 15 is 0 Å². The molecule has 4 nitrogen and oxygen atoms in total. The summed E-state index contributed by atoms with van der Waals surface area (Å²) in [5, 5.41) is 12.1. The molecule has 0 aliphatic heterocycles. The number of nitriles is 1. The Balaban J connectivity index is 2.23. The topological polar surface area (TPSA) is 78.9 Å². The fourth-order valence-corrected chi connectivity index (χ4v) is 1.88. The first-order chi connectivity index (χ1) is 9.51. The first kappa shape index (κ1) is 14.2. The highest BCUT2D eigenvalue weighted by molar-refractivity contribution is 6.42. The minimum absolute atomic E-state index is 0.298. The summed E-state index contributed by atoms with van der Waals surface area (Å²) in [6.07, 6.45) is 0. The maximum Gasteiger partial charge on any atom is 0.255 e. The molecule has 2 aromatic carbocycles. The molecule has 2 rings (SSSR count). The van der Waals surface area contributed by atoms with Crippen LogP contribution in [-0.4, -0.2) is 5.91 Å². The van der Waals surface area contributed by atoms with Crippen molar-refractivity contribution in [3.63, 3.8) is 0 Å². The summed E-state index contributed by atoms with van der Waals surface area (Å²) in [5.41, 5.74) is 7.30. The third-order valence-electron chi connectivity index (χ3n) is 2.61. The lowest BCUT2D eigenvalue weighted by atomic mass is 10.1. The van der Waals surface area contributed by atoms with E-state index in [-0.39, 0.29) is 5.91 Å². The molecule has 0 radical (unpaired) electrons. The molecule has 0 aromatic heterocycles. The van der Waals surface area contributed by atoms with Crippen LogP contribution in [0.5, 0.6) is 0 Å². The molecule has 100 valence electrons. The van der Waals surface area contributed by atoms with Crippen molar-refractivity contribution >= 4 is 40.5 Å². The van der Waals surface area contributed by atoms with Gasteiger partial charge in [0, 0.05) is 5.56 Å². The first-order valence-corrected chi connectivity index (χ1v) is 6.33. The predicted molar refractivity (Wildman–Crippen MR) is 80.0 cm³/mol. The first-order valence-electron chi connectivity index (χ1n) is 5.57. The van der Waals surface area contributed by atoms with Gasteiger partial charge in [0.2, 0.25) is 0 Å². The molecule has 0 heterocycles. The van der Waals surface area contributed by atoms with E-state index in [1.54, 1.807) is 24.3 Å². The molecule has 20 heavy (non-hydrogen) atoms. The van der Waals surface area contributed by atoms with Crippen LogP contribution in [0, 0.1) is 11.3 Å². The van der Waals surface area contributed by atoms with E-state index in [0.717, 1.165) is 0 Å². The van der Waals surface area contributed by atoms with E-state index in [0.29, 0.717) is 32.5 Å². The minimum atomic E-state index is -0.361. The minimum Gasteiger partial charge on any atom is -0.397 e. The SMILES string of the molecule is N#Cc1ccc(NC(=O)c2ccc(Cl)c(Cl)c2)c(N)c1. The number of hydrogen-bond acceptors (Lipinski definition) is 3. The molecule has 2 aromatic rings. The summed E-state index contributed by atoms with van der Waals surface area (Å²) >= 11 is 11.6. The maximum atomic E-state index is 12.1. The highest BCUT2D eigenvalue weighted by atomic mass is 35.5. The Labute approximate surface area is 125 Å². The van der Waals surface area contributed by atoms with E-state index in [1.807, 2.05) is 6.07 Å². The Hall–Kier alpha value is -2.22. The van der Waals surface area contributed by atoms with Crippen LogP contribution in [0.1, 0.15) is 15.9 Å². The Morgan fingerprint density at radius 1 is 1.15 bits per heavy atom. The number of amides is 1. The Kier molecular flexibility index (Phi) is 4.14. The standard InChI is InChI=1S/C14H9Cl2N3O/c15-10-3-2-9(6-11(10)16)14(20)19-13-4-1-8(7-17)5-12(13)18/h1-6H,18H2,(H,19,20). The van der Waals surface area contributed by atoms with Crippen LogP contribution in [0.15, 0.2) is 36.4 Å². The molecule has 0 saturated carbocycles. The monoisotopic (exact) mass is 305 g/mol. The smallest absolute Gasteiger partial charge is 0.255 e. The van der Waals surface area contributed by atoms with Gasteiger partial charge in [0.1, 0.15) is 0 Å². The van der Waals surface area contributed by atoms with Crippen LogP contribution in [0.2, 0.25) is 10.0 Å². The fourth-order valence-electron chi connectivity index (χ4n) is 1.58. The van der Waals surface area contributed by atoms with Gasteiger partial charge in [0.25, 0.3) is 5.91 Å². The number of nitrogens with one attached hydrogen (secondary N) is 1. The van der Waals surface area contributed by atoms with Crippen molar-refractivity contribution in [2.75, 3.05) is 11.1 Å². The van der Waals surface area contributed by atoms with Crippen molar-refractivity contribution in [2.24, 2.45) is 0 Å². The molecule has 0 unspecified atom stereocenters. The number of anilines is 2. The molecular weight excluding hydrogens is 297 g/mol. The molecule has 0 bridgehead atoms. The van der Waals surface area contributed by atoms with Gasteiger partial charge in [-0.25, -0.2) is 0 Å². The lowest BCUT2D eigenvalue weighted by molar-refractivity contribution is 0.102. The number of halogens is 2. The van der Waals surface area contributed by atoms with Crippen LogP contribution in [0.3, 0.4) is 0 Å². The van der Waals surface area contributed by atoms with Crippen LogP contribution < -0.4 is 11.1 Å². The quantitative estimate of drug-likeness (QED) is 0.830. The van der Waals surface area contributed by atoms with Crippen molar-refractivity contribution in [3.05, 3.63) is 57.6 Å². The summed E-state index contributed by atoms with van der Waals surface area (Å²) in [4.78, 5) is 12.1. The van der Waals surface area contributed by atoms with Gasteiger partial charge in [0.15, 0.2) is 0 Å². The Morgan fingerprint density at radius 3 is 2.50 bits per heavy atom. The van der Waals surface area contributed by atoms with Gasteiger partial charge in [-0.3, -0.25) is 4.79 Å². The van der Waals surface area contributed by atoms with Gasteiger partial charge in [-0.15, -0.1) is 0 Å². The lowest BCUT2D eigenvalue weighted by Gasteiger charge is -2.09. The van der Waals surface area contributed by atoms with E-state index < -0.39 is 0 Å². The number of carbonyl (C=O) groups is 1. The second kappa shape index (κ2) is 5.83. The summed E-state index contributed by atoms with van der Waals surface area (Å²) in [6, 6.07) is 11.2.